The topological polar surface area (TPSA) is 38.3 Å². The zero-order chi connectivity index (χ0) is 13.4. The molecule has 100 valence electrons. The van der Waals surface area contributed by atoms with E-state index in [0.29, 0.717) is 25.1 Å². The lowest BCUT2D eigenvalue weighted by Crippen LogP contribution is -2.30. The first-order chi connectivity index (χ1) is 8.69. The molecule has 0 aliphatic carbocycles. The van der Waals surface area contributed by atoms with Gasteiger partial charge in [-0.25, -0.2) is 4.39 Å². The van der Waals surface area contributed by atoms with E-state index in [-0.39, 0.29) is 17.7 Å². The Morgan fingerprint density at radius 3 is 2.78 bits per heavy atom. The fourth-order valence-corrected chi connectivity index (χ4v) is 1.76. The van der Waals surface area contributed by atoms with Crippen LogP contribution in [0.2, 0.25) is 0 Å². The third-order valence-corrected chi connectivity index (χ3v) is 2.95. The second kappa shape index (κ2) is 7.82. The van der Waals surface area contributed by atoms with Crippen LogP contribution in [0, 0.1) is 11.7 Å². The van der Waals surface area contributed by atoms with Crippen LogP contribution < -0.4 is 5.32 Å². The summed E-state index contributed by atoms with van der Waals surface area (Å²) in [5, 5.41) is 3.16. The molecule has 0 aliphatic rings. The van der Waals surface area contributed by atoms with Crippen molar-refractivity contribution in [2.24, 2.45) is 5.92 Å². The lowest BCUT2D eigenvalue weighted by molar-refractivity contribution is -0.145. The Kier molecular flexibility index (Phi) is 6.36. The third-order valence-electron chi connectivity index (χ3n) is 2.95. The first-order valence-corrected chi connectivity index (χ1v) is 6.21. The van der Waals surface area contributed by atoms with Crippen LogP contribution in [0.25, 0.3) is 0 Å². The van der Waals surface area contributed by atoms with Crippen LogP contribution in [0.5, 0.6) is 0 Å². The standard InChI is InChI=1S/C14H20FNO2/c1-3-11(14(17)18-2)10-16-9-8-12-6-4-5-7-13(12)15/h4-7,11,16H,3,8-10H2,1-2H3. The van der Waals surface area contributed by atoms with Crippen molar-refractivity contribution in [1.82, 2.24) is 5.32 Å². The zero-order valence-electron chi connectivity index (χ0n) is 10.9. The highest BCUT2D eigenvalue weighted by molar-refractivity contribution is 5.72. The lowest BCUT2D eigenvalue weighted by atomic mass is 10.1. The normalized spacial score (nSPS) is 12.2. The largest absolute Gasteiger partial charge is 0.469 e. The molecule has 4 heteroatoms. The average molecular weight is 253 g/mol. The summed E-state index contributed by atoms with van der Waals surface area (Å²) in [6.45, 7) is 3.16. The molecule has 1 N–H and O–H groups in total. The van der Waals surface area contributed by atoms with E-state index >= 15 is 0 Å². The molecule has 0 heterocycles. The summed E-state index contributed by atoms with van der Waals surface area (Å²) in [7, 11) is 1.39. The van der Waals surface area contributed by atoms with Crippen LogP contribution in [0.3, 0.4) is 0 Å². The minimum absolute atomic E-state index is 0.129. The number of carbonyl (C=O) groups is 1. The minimum Gasteiger partial charge on any atom is -0.469 e. The maximum atomic E-state index is 13.3. The molecule has 0 saturated carbocycles. The maximum absolute atomic E-state index is 13.3. The molecule has 1 atom stereocenters. The van der Waals surface area contributed by atoms with Gasteiger partial charge in [0.05, 0.1) is 13.0 Å². The number of carbonyl (C=O) groups excluding carboxylic acids is 1. The number of ether oxygens (including phenoxy) is 1. The van der Waals surface area contributed by atoms with Crippen molar-refractivity contribution in [3.63, 3.8) is 0 Å². The van der Waals surface area contributed by atoms with Gasteiger partial charge in [-0.1, -0.05) is 25.1 Å². The van der Waals surface area contributed by atoms with E-state index < -0.39 is 0 Å². The molecule has 3 nitrogen and oxygen atoms in total. The monoisotopic (exact) mass is 253 g/mol. The Morgan fingerprint density at radius 1 is 1.44 bits per heavy atom. The molecule has 1 rings (SSSR count). The summed E-state index contributed by atoms with van der Waals surface area (Å²) in [5.74, 6) is -0.508. The molecule has 0 aromatic heterocycles. The quantitative estimate of drug-likeness (QED) is 0.598. The van der Waals surface area contributed by atoms with E-state index in [2.05, 4.69) is 5.32 Å². The van der Waals surface area contributed by atoms with Gasteiger partial charge in [0.25, 0.3) is 0 Å². The molecule has 0 amide bonds. The van der Waals surface area contributed by atoms with Crippen LogP contribution in [-0.2, 0) is 16.0 Å². The number of methoxy groups -OCH3 is 1. The van der Waals surface area contributed by atoms with Crippen LogP contribution in [0.15, 0.2) is 24.3 Å². The Morgan fingerprint density at radius 2 is 2.17 bits per heavy atom. The van der Waals surface area contributed by atoms with Gasteiger partial charge in [0.2, 0.25) is 0 Å². The van der Waals surface area contributed by atoms with Crippen LogP contribution in [0.1, 0.15) is 18.9 Å². The Labute approximate surface area is 107 Å². The molecule has 0 spiro atoms. The molecule has 1 aromatic rings. The summed E-state index contributed by atoms with van der Waals surface area (Å²) < 4.78 is 18.0. The van der Waals surface area contributed by atoms with Crippen molar-refractivity contribution in [1.29, 1.82) is 0 Å². The van der Waals surface area contributed by atoms with E-state index in [1.165, 1.54) is 13.2 Å². The zero-order valence-corrected chi connectivity index (χ0v) is 10.9. The van der Waals surface area contributed by atoms with Gasteiger partial charge < -0.3 is 10.1 Å². The summed E-state index contributed by atoms with van der Waals surface area (Å²) in [6.07, 6.45) is 1.35. The highest BCUT2D eigenvalue weighted by Crippen LogP contribution is 2.07. The van der Waals surface area contributed by atoms with E-state index in [9.17, 15) is 9.18 Å². The molecule has 0 saturated heterocycles. The van der Waals surface area contributed by atoms with Crippen LogP contribution >= 0.6 is 0 Å². The summed E-state index contributed by atoms with van der Waals surface area (Å²) in [5.41, 5.74) is 0.691. The number of hydrogen-bond acceptors (Lipinski definition) is 3. The van der Waals surface area contributed by atoms with E-state index in [1.54, 1.807) is 12.1 Å². The molecule has 1 unspecified atom stereocenters. The van der Waals surface area contributed by atoms with Gasteiger partial charge in [-0.05, 0) is 31.0 Å². The van der Waals surface area contributed by atoms with Gasteiger partial charge in [-0.2, -0.15) is 0 Å². The number of rotatable bonds is 7. The van der Waals surface area contributed by atoms with Crippen molar-refractivity contribution in [3.8, 4) is 0 Å². The molecule has 0 fully saturated rings. The number of nitrogens with one attached hydrogen (secondary N) is 1. The van der Waals surface area contributed by atoms with Crippen molar-refractivity contribution in [3.05, 3.63) is 35.6 Å². The molecule has 0 aliphatic heterocycles. The summed E-state index contributed by atoms with van der Waals surface area (Å²) in [4.78, 5) is 11.3. The second-order valence-electron chi connectivity index (χ2n) is 4.17. The first kappa shape index (κ1) is 14.6. The summed E-state index contributed by atoms with van der Waals surface area (Å²) in [6, 6.07) is 6.73. The van der Waals surface area contributed by atoms with E-state index in [0.717, 1.165) is 6.42 Å². The van der Waals surface area contributed by atoms with Crippen molar-refractivity contribution in [2.75, 3.05) is 20.2 Å². The first-order valence-electron chi connectivity index (χ1n) is 6.21. The predicted molar refractivity (Wildman–Crippen MR) is 68.8 cm³/mol. The Hall–Kier alpha value is -1.42. The van der Waals surface area contributed by atoms with Crippen molar-refractivity contribution >= 4 is 5.97 Å². The number of esters is 1. The smallest absolute Gasteiger partial charge is 0.309 e. The van der Waals surface area contributed by atoms with Crippen molar-refractivity contribution in [2.45, 2.75) is 19.8 Å². The summed E-state index contributed by atoms with van der Waals surface area (Å²) >= 11 is 0. The van der Waals surface area contributed by atoms with E-state index in [4.69, 9.17) is 4.74 Å². The highest BCUT2D eigenvalue weighted by atomic mass is 19.1. The number of hydrogen-bond donors (Lipinski definition) is 1. The molecule has 1 aromatic carbocycles. The van der Waals surface area contributed by atoms with Crippen LogP contribution in [-0.4, -0.2) is 26.2 Å². The molecular weight excluding hydrogens is 233 g/mol. The van der Waals surface area contributed by atoms with Gasteiger partial charge >= 0.3 is 5.97 Å². The number of benzene rings is 1. The Balaban J connectivity index is 2.30. The van der Waals surface area contributed by atoms with Crippen LogP contribution in [0.4, 0.5) is 4.39 Å². The molecule has 0 bridgehead atoms. The van der Waals surface area contributed by atoms with Gasteiger partial charge in [0, 0.05) is 6.54 Å². The molecule has 0 radical (unpaired) electrons. The fourth-order valence-electron chi connectivity index (χ4n) is 1.76. The van der Waals surface area contributed by atoms with Crippen molar-refractivity contribution < 1.29 is 13.9 Å². The van der Waals surface area contributed by atoms with E-state index in [1.807, 2.05) is 13.0 Å². The van der Waals surface area contributed by atoms with Gasteiger partial charge in [-0.3, -0.25) is 4.79 Å². The number of halogens is 1. The lowest BCUT2D eigenvalue weighted by Gasteiger charge is -2.13. The minimum atomic E-state index is -0.198. The SMILES string of the molecule is CCC(CNCCc1ccccc1F)C(=O)OC. The van der Waals surface area contributed by atoms with Gasteiger partial charge in [0.15, 0.2) is 0 Å². The van der Waals surface area contributed by atoms with Gasteiger partial charge in [-0.15, -0.1) is 0 Å². The predicted octanol–water partition coefficient (Wildman–Crippen LogP) is 2.16. The van der Waals surface area contributed by atoms with Gasteiger partial charge in [0.1, 0.15) is 5.82 Å². The second-order valence-corrected chi connectivity index (χ2v) is 4.17. The third kappa shape index (κ3) is 4.45. The fraction of sp³-hybridized carbons (Fsp3) is 0.500. The Bertz CT molecular complexity index is 382. The molecule has 18 heavy (non-hydrogen) atoms. The highest BCUT2D eigenvalue weighted by Gasteiger charge is 2.15. The average Bonchev–Trinajstić information content (AvgIpc) is 2.40. The molecular formula is C14H20FNO2. The maximum Gasteiger partial charge on any atom is 0.309 e.